The molecule has 0 saturated carbocycles. The molecule has 2 rings (SSSR count). The highest BCUT2D eigenvalue weighted by molar-refractivity contribution is 5.89. The van der Waals surface area contributed by atoms with E-state index < -0.39 is 5.54 Å². The van der Waals surface area contributed by atoms with Gasteiger partial charge in [-0.05, 0) is 18.9 Å². The molecule has 0 spiro atoms. The monoisotopic (exact) mass is 382 g/mol. The van der Waals surface area contributed by atoms with Gasteiger partial charge in [-0.15, -0.1) is 12.4 Å². The molecule has 1 heterocycles. The largest absolute Gasteiger partial charge is 0.345 e. The summed E-state index contributed by atoms with van der Waals surface area (Å²) in [4.78, 5) is 28.5. The summed E-state index contributed by atoms with van der Waals surface area (Å²) in [5, 5.41) is 2.69. The van der Waals surface area contributed by atoms with Crippen molar-refractivity contribution in [3.8, 4) is 0 Å². The van der Waals surface area contributed by atoms with Crippen LogP contribution in [0.15, 0.2) is 30.3 Å². The van der Waals surface area contributed by atoms with Crippen molar-refractivity contribution in [1.29, 1.82) is 0 Å². The number of hydrogen-bond acceptors (Lipinski definition) is 4. The van der Waals surface area contributed by atoms with E-state index in [0.29, 0.717) is 19.5 Å². The lowest BCUT2D eigenvalue weighted by atomic mass is 9.96. The standard InChI is InChI=1S/C19H30N4O2.ClH/c1-3-9-19(2,20)18(25)21-14-17(24)23-12-10-22(11-13-23)15-16-7-5-4-6-8-16;/h4-8H,3,9-15,20H2,1-2H3,(H,21,25);1H. The second-order valence-corrected chi connectivity index (χ2v) is 6.99. The lowest BCUT2D eigenvalue weighted by Crippen LogP contribution is -2.55. The maximum absolute atomic E-state index is 12.3. The summed E-state index contributed by atoms with van der Waals surface area (Å²) < 4.78 is 0. The predicted octanol–water partition coefficient (Wildman–Crippen LogP) is 1.39. The number of piperazine rings is 1. The summed E-state index contributed by atoms with van der Waals surface area (Å²) >= 11 is 0. The number of nitrogens with two attached hydrogens (primary N) is 1. The Morgan fingerprint density at radius 1 is 1.15 bits per heavy atom. The van der Waals surface area contributed by atoms with E-state index in [0.717, 1.165) is 26.1 Å². The van der Waals surface area contributed by atoms with Crippen LogP contribution < -0.4 is 11.1 Å². The molecule has 1 unspecified atom stereocenters. The Bertz CT molecular complexity index is 572. The van der Waals surface area contributed by atoms with E-state index in [1.807, 2.05) is 30.0 Å². The van der Waals surface area contributed by atoms with Gasteiger partial charge in [0.25, 0.3) is 0 Å². The fraction of sp³-hybridized carbons (Fsp3) is 0.579. The normalized spacial score (nSPS) is 17.1. The van der Waals surface area contributed by atoms with Gasteiger partial charge in [0.15, 0.2) is 0 Å². The van der Waals surface area contributed by atoms with Gasteiger partial charge < -0.3 is 16.0 Å². The maximum Gasteiger partial charge on any atom is 0.242 e. The highest BCUT2D eigenvalue weighted by atomic mass is 35.5. The second-order valence-electron chi connectivity index (χ2n) is 6.99. The summed E-state index contributed by atoms with van der Waals surface area (Å²) in [7, 11) is 0. The fourth-order valence-electron chi connectivity index (χ4n) is 3.10. The maximum atomic E-state index is 12.3. The molecular formula is C19H31ClN4O2. The first-order valence-electron chi connectivity index (χ1n) is 9.03. The Labute approximate surface area is 162 Å². The molecule has 1 aliphatic heterocycles. The van der Waals surface area contributed by atoms with E-state index in [-0.39, 0.29) is 30.8 Å². The predicted molar refractivity (Wildman–Crippen MR) is 106 cm³/mol. The number of halogens is 1. The Morgan fingerprint density at radius 2 is 1.77 bits per heavy atom. The molecule has 3 N–H and O–H groups in total. The number of hydrogen-bond donors (Lipinski definition) is 2. The Kier molecular flexibility index (Phi) is 9.05. The molecule has 26 heavy (non-hydrogen) atoms. The van der Waals surface area contributed by atoms with E-state index in [9.17, 15) is 9.59 Å². The van der Waals surface area contributed by atoms with E-state index in [1.54, 1.807) is 6.92 Å². The minimum Gasteiger partial charge on any atom is -0.345 e. The van der Waals surface area contributed by atoms with Crippen LogP contribution in [0.3, 0.4) is 0 Å². The summed E-state index contributed by atoms with van der Waals surface area (Å²) in [6, 6.07) is 10.3. The number of nitrogens with one attached hydrogen (secondary N) is 1. The zero-order valence-corrected chi connectivity index (χ0v) is 16.6. The molecule has 1 fully saturated rings. The zero-order chi connectivity index (χ0) is 18.3. The van der Waals surface area contributed by atoms with Crippen molar-refractivity contribution in [2.75, 3.05) is 32.7 Å². The minimum absolute atomic E-state index is 0. The molecule has 6 nitrogen and oxygen atoms in total. The Hall–Kier alpha value is -1.63. The van der Waals surface area contributed by atoms with Crippen molar-refractivity contribution >= 4 is 24.2 Å². The van der Waals surface area contributed by atoms with E-state index in [4.69, 9.17) is 5.73 Å². The molecule has 1 aromatic rings. The Balaban J connectivity index is 0.00000338. The molecule has 1 atom stereocenters. The van der Waals surface area contributed by atoms with E-state index in [2.05, 4.69) is 22.3 Å². The molecule has 1 aliphatic rings. The average Bonchev–Trinajstić information content (AvgIpc) is 2.61. The van der Waals surface area contributed by atoms with Gasteiger partial charge in [-0.25, -0.2) is 0 Å². The number of carbonyl (C=O) groups excluding carboxylic acids is 2. The first-order valence-corrected chi connectivity index (χ1v) is 9.03. The molecule has 0 aliphatic carbocycles. The van der Waals surface area contributed by atoms with Crippen LogP contribution in [-0.2, 0) is 16.1 Å². The summed E-state index contributed by atoms with van der Waals surface area (Å²) in [6.07, 6.45) is 1.43. The first-order chi connectivity index (χ1) is 11.9. The van der Waals surface area contributed by atoms with Crippen molar-refractivity contribution in [3.63, 3.8) is 0 Å². The lowest BCUT2D eigenvalue weighted by Gasteiger charge is -2.35. The van der Waals surface area contributed by atoms with Crippen LogP contribution >= 0.6 is 12.4 Å². The molecule has 1 saturated heterocycles. The number of rotatable bonds is 7. The van der Waals surface area contributed by atoms with Gasteiger partial charge in [0, 0.05) is 32.7 Å². The molecule has 0 bridgehead atoms. The first kappa shape index (κ1) is 22.4. The van der Waals surface area contributed by atoms with Gasteiger partial charge in [-0.2, -0.15) is 0 Å². The number of carbonyl (C=O) groups is 2. The number of nitrogens with zero attached hydrogens (tertiary/aromatic N) is 2. The van der Waals surface area contributed by atoms with Crippen LogP contribution in [-0.4, -0.2) is 59.9 Å². The zero-order valence-electron chi connectivity index (χ0n) is 15.7. The molecule has 146 valence electrons. The molecule has 1 aromatic carbocycles. The van der Waals surface area contributed by atoms with Crippen molar-refractivity contribution in [1.82, 2.24) is 15.1 Å². The summed E-state index contributed by atoms with van der Waals surface area (Å²) in [6.45, 7) is 7.69. The summed E-state index contributed by atoms with van der Waals surface area (Å²) in [5.74, 6) is -0.301. The quantitative estimate of drug-likeness (QED) is 0.746. The van der Waals surface area contributed by atoms with E-state index >= 15 is 0 Å². The highest BCUT2D eigenvalue weighted by Gasteiger charge is 2.28. The molecule has 0 radical (unpaired) electrons. The molecule has 7 heteroatoms. The molecular weight excluding hydrogens is 352 g/mol. The average molecular weight is 383 g/mol. The molecule has 0 aromatic heterocycles. The van der Waals surface area contributed by atoms with Gasteiger partial charge in [0.1, 0.15) is 0 Å². The number of amides is 2. The van der Waals surface area contributed by atoms with Crippen molar-refractivity contribution < 1.29 is 9.59 Å². The topological polar surface area (TPSA) is 78.7 Å². The van der Waals surface area contributed by atoms with Crippen molar-refractivity contribution in [3.05, 3.63) is 35.9 Å². The van der Waals surface area contributed by atoms with Crippen LogP contribution in [0.25, 0.3) is 0 Å². The van der Waals surface area contributed by atoms with Crippen molar-refractivity contribution in [2.24, 2.45) is 5.73 Å². The van der Waals surface area contributed by atoms with Crippen LogP contribution in [0.2, 0.25) is 0 Å². The van der Waals surface area contributed by atoms with Gasteiger partial charge >= 0.3 is 0 Å². The minimum atomic E-state index is -0.913. The smallest absolute Gasteiger partial charge is 0.242 e. The van der Waals surface area contributed by atoms with Crippen LogP contribution in [0.4, 0.5) is 0 Å². The SMILES string of the molecule is CCCC(C)(N)C(=O)NCC(=O)N1CCN(Cc2ccccc2)CC1.Cl. The van der Waals surface area contributed by atoms with E-state index in [1.165, 1.54) is 5.56 Å². The van der Waals surface area contributed by atoms with Crippen LogP contribution in [0.5, 0.6) is 0 Å². The third kappa shape index (κ3) is 6.59. The van der Waals surface area contributed by atoms with Gasteiger partial charge in [-0.1, -0.05) is 43.7 Å². The van der Waals surface area contributed by atoms with Gasteiger partial charge in [0.05, 0.1) is 12.1 Å². The highest BCUT2D eigenvalue weighted by Crippen LogP contribution is 2.10. The summed E-state index contributed by atoms with van der Waals surface area (Å²) in [5.41, 5.74) is 6.35. The van der Waals surface area contributed by atoms with Crippen LogP contribution in [0, 0.1) is 0 Å². The molecule has 2 amide bonds. The fourth-order valence-corrected chi connectivity index (χ4v) is 3.10. The van der Waals surface area contributed by atoms with Crippen molar-refractivity contribution in [2.45, 2.75) is 38.8 Å². The van der Waals surface area contributed by atoms with Gasteiger partial charge in [0.2, 0.25) is 11.8 Å². The lowest BCUT2D eigenvalue weighted by molar-refractivity contribution is -0.135. The van der Waals surface area contributed by atoms with Gasteiger partial charge in [-0.3, -0.25) is 14.5 Å². The number of benzene rings is 1. The third-order valence-electron chi connectivity index (χ3n) is 4.66. The second kappa shape index (κ2) is 10.5. The third-order valence-corrected chi connectivity index (χ3v) is 4.66. The van der Waals surface area contributed by atoms with Crippen LogP contribution in [0.1, 0.15) is 32.3 Å². The Morgan fingerprint density at radius 3 is 2.35 bits per heavy atom.